The number of para-hydroxylation sites is 1. The average Bonchev–Trinajstić information content (AvgIpc) is 1.46. The van der Waals surface area contributed by atoms with Crippen LogP contribution in [-0.2, 0) is 75.9 Å². The average molecular weight is 1400 g/mol. The number of fused-ring (bicyclic) bond motifs is 7. The number of esters is 3. The van der Waals surface area contributed by atoms with E-state index in [1.807, 2.05) is 128 Å². The number of rotatable bonds is 11. The van der Waals surface area contributed by atoms with E-state index in [1.54, 1.807) is 37.3 Å². The smallest absolute Gasteiger partial charge is 0.394 e. The number of halogens is 2. The number of carbonyl (C=O) groups is 3. The first kappa shape index (κ1) is 69.9. The number of piperidine rings is 1. The number of nitrogens with zero attached hydrogens (tertiary/aromatic N) is 6. The lowest BCUT2D eigenvalue weighted by atomic mass is 9.47. The predicted octanol–water partition coefficient (Wildman–Crippen LogP) is 8.83. The molecule has 1 spiro atoms. The Morgan fingerprint density at radius 3 is 2.18 bits per heavy atom. The van der Waals surface area contributed by atoms with Gasteiger partial charge in [0, 0.05) is 127 Å². The number of aryl methyl sites for hydroxylation is 2. The number of carbonyl (C=O) groups excluding carboxylic acids is 3. The predicted molar refractivity (Wildman–Crippen MR) is 373 cm³/mol. The maximum absolute atomic E-state index is 15.3. The lowest BCUT2D eigenvalue weighted by Gasteiger charge is -2.63. The van der Waals surface area contributed by atoms with E-state index in [-0.39, 0.29) is 17.5 Å². The van der Waals surface area contributed by atoms with E-state index < -0.39 is 73.4 Å². The zero-order valence-corrected chi connectivity index (χ0v) is 58.4. The van der Waals surface area contributed by atoms with E-state index in [0.717, 1.165) is 72.3 Å². The molecular weight excluding hydrogens is 1320 g/mol. The van der Waals surface area contributed by atoms with Crippen molar-refractivity contribution in [3.63, 3.8) is 0 Å². The highest BCUT2D eigenvalue weighted by molar-refractivity contribution is 7.79. The van der Waals surface area contributed by atoms with Crippen LogP contribution in [0.2, 0.25) is 10.0 Å². The molecule has 0 amide bonds. The van der Waals surface area contributed by atoms with Crippen LogP contribution in [-0.4, -0.2) is 165 Å². The van der Waals surface area contributed by atoms with Crippen molar-refractivity contribution in [1.82, 2.24) is 28.9 Å². The second-order valence-electron chi connectivity index (χ2n) is 27.1. The fourth-order valence-electron chi connectivity index (χ4n) is 18.0. The summed E-state index contributed by atoms with van der Waals surface area (Å²) in [4.78, 5) is 70.2. The highest BCUT2D eigenvalue weighted by Gasteiger charge is 2.80. The zero-order chi connectivity index (χ0) is 70.4. The Hall–Kier alpha value is -7.94. The number of aromatic amines is 1. The van der Waals surface area contributed by atoms with E-state index in [4.69, 9.17) is 65.4 Å². The van der Waals surface area contributed by atoms with Gasteiger partial charge in [0.15, 0.2) is 6.10 Å². The number of H-pyrrole nitrogens is 1. The van der Waals surface area contributed by atoms with Crippen molar-refractivity contribution in [1.29, 1.82) is 0 Å². The molecule has 7 N–H and O–H groups in total. The quantitative estimate of drug-likeness (QED) is 0.0305. The Kier molecular flexibility index (Phi) is 18.5. The first-order valence-electron chi connectivity index (χ1n) is 32.6. The van der Waals surface area contributed by atoms with Crippen LogP contribution in [0.3, 0.4) is 0 Å². The van der Waals surface area contributed by atoms with E-state index in [2.05, 4.69) is 44.1 Å². The van der Waals surface area contributed by atoms with Crippen LogP contribution in [0.15, 0.2) is 139 Å². The third-order valence-corrected chi connectivity index (χ3v) is 22.4. The second-order valence-corrected chi connectivity index (χ2v) is 28.8. The molecule has 518 valence electrons. The highest BCUT2D eigenvalue weighted by Crippen LogP contribution is 2.68. The number of imidazole rings is 1. The van der Waals surface area contributed by atoms with Crippen molar-refractivity contribution in [2.24, 2.45) is 31.2 Å². The molecule has 3 fully saturated rings. The van der Waals surface area contributed by atoms with Crippen LogP contribution in [0.4, 0.5) is 5.69 Å². The number of aliphatic hydroxyl groups is 2. The summed E-state index contributed by atoms with van der Waals surface area (Å²) in [7, 11) is 5.17. The number of hydrogen-bond acceptors (Lipinski definition) is 17. The number of benzene rings is 5. The molecule has 1 aliphatic carbocycles. The Labute approximate surface area is 578 Å². The summed E-state index contributed by atoms with van der Waals surface area (Å²) in [6, 6.07) is 33.6. The molecule has 2 bridgehead atoms. The van der Waals surface area contributed by atoms with Gasteiger partial charge in [-0.15, -0.1) is 0 Å². The number of likely N-dealkylation sites (N-methyl/N-ethyl adjacent to an activating group) is 1. The van der Waals surface area contributed by atoms with E-state index >= 15 is 4.79 Å². The molecule has 6 aliphatic rings. The van der Waals surface area contributed by atoms with Crippen molar-refractivity contribution in [3.8, 4) is 16.9 Å². The molecule has 98 heavy (non-hydrogen) atoms. The topological polar surface area (TPSA) is 295 Å². The minimum atomic E-state index is -4.67. The molecule has 25 heteroatoms. The molecule has 1 saturated carbocycles. The monoisotopic (exact) mass is 1400 g/mol. The third-order valence-electron chi connectivity index (χ3n) is 22.0. The molecular formula is C73H82Cl2N8O14S. The Morgan fingerprint density at radius 2 is 1.53 bits per heavy atom. The van der Waals surface area contributed by atoms with Gasteiger partial charge in [-0.3, -0.25) is 33.3 Å². The van der Waals surface area contributed by atoms with Crippen molar-refractivity contribution >= 4 is 79.0 Å². The van der Waals surface area contributed by atoms with E-state index in [9.17, 15) is 24.6 Å². The molecule has 5 aromatic carbocycles. The van der Waals surface area contributed by atoms with Gasteiger partial charge in [0.2, 0.25) is 5.60 Å². The number of methoxy groups -OCH3 is 3. The summed E-state index contributed by atoms with van der Waals surface area (Å²) in [5.41, 5.74) is 9.51. The van der Waals surface area contributed by atoms with Gasteiger partial charge in [0.1, 0.15) is 16.7 Å². The van der Waals surface area contributed by atoms with Crippen LogP contribution >= 0.6 is 23.2 Å². The summed E-state index contributed by atoms with van der Waals surface area (Å²) in [6.07, 6.45) is 9.45. The zero-order valence-electron chi connectivity index (χ0n) is 56.1. The van der Waals surface area contributed by atoms with Crippen LogP contribution in [0, 0.1) is 11.3 Å². The Morgan fingerprint density at radius 1 is 0.816 bits per heavy atom. The molecule has 14 rings (SSSR count). The SMILES string of the molecule is CC[C@]1(O)CC2CN(CCc3c([nH]c4ccccc34)[C@@](C(=O)OC)(c3cc4c(cc3OC)N(C)[C@H]3[C@@](O)(C(=O)OC)[C@H](OC(C)=O)[C@]5(CC)C=CCN6CC[C@]43[C@@H]65)C2)C1.Cn1cncc1C(N)(c1ccc(Cl)cc1)c1ccc2c(c1)c(-c1cccc(Cl)c1)cc(=O)n2C.O=S(=O)(O)O. The van der Waals surface area contributed by atoms with Crippen molar-refractivity contribution in [2.75, 3.05) is 66.0 Å². The summed E-state index contributed by atoms with van der Waals surface area (Å²) >= 11 is 12.4. The number of nitrogens with two attached hydrogens (primary N) is 1. The number of anilines is 1. The molecule has 11 atom stereocenters. The Balaban J connectivity index is 0.000000197. The number of nitrogens with one attached hydrogen (secondary N) is 1. The maximum atomic E-state index is 15.3. The minimum Gasteiger partial charge on any atom is -0.496 e. The van der Waals surface area contributed by atoms with Gasteiger partial charge in [-0.2, -0.15) is 8.42 Å². The van der Waals surface area contributed by atoms with E-state index in [1.165, 1.54) is 21.1 Å². The second kappa shape index (κ2) is 26.0. The number of ether oxygens (including phenoxy) is 4. The van der Waals surface area contributed by atoms with E-state index in [0.29, 0.717) is 92.6 Å². The van der Waals surface area contributed by atoms with Crippen molar-refractivity contribution in [3.05, 3.63) is 193 Å². The van der Waals surface area contributed by atoms with Crippen molar-refractivity contribution in [2.45, 2.75) is 105 Å². The number of pyridine rings is 1. The largest absolute Gasteiger partial charge is 0.496 e. The van der Waals surface area contributed by atoms with Gasteiger partial charge in [0.25, 0.3) is 5.56 Å². The summed E-state index contributed by atoms with van der Waals surface area (Å²) in [5.74, 6) is -1.56. The van der Waals surface area contributed by atoms with Gasteiger partial charge in [-0.1, -0.05) is 97.7 Å². The highest BCUT2D eigenvalue weighted by atomic mass is 35.5. The van der Waals surface area contributed by atoms with Crippen LogP contribution in [0.1, 0.15) is 92.1 Å². The van der Waals surface area contributed by atoms with Gasteiger partial charge in [-0.25, -0.2) is 9.78 Å². The Bertz CT molecular complexity index is 4670. The number of hydrogen-bond donors (Lipinski definition) is 6. The van der Waals surface area contributed by atoms with Crippen molar-refractivity contribution < 1.29 is 61.1 Å². The van der Waals surface area contributed by atoms with Crippen LogP contribution < -0.4 is 20.9 Å². The normalized spacial score (nSPS) is 27.4. The molecule has 8 heterocycles. The minimum absolute atomic E-state index is 0.0985. The fourth-order valence-corrected chi connectivity index (χ4v) is 18.3. The fraction of sp³-hybridized carbons (Fsp3) is 0.411. The molecule has 2 saturated heterocycles. The maximum Gasteiger partial charge on any atom is 0.394 e. The first-order chi connectivity index (χ1) is 46.5. The summed E-state index contributed by atoms with van der Waals surface area (Å²) in [5, 5.41) is 28.5. The standard InChI is InChI=1S/C46H58N4O9.C27H22Cl2N4O.H2O4S/c1-8-42(54)23-28-24-45(40(52)57-6,36-30(15-19-49(25-28)26-42)29-13-10-11-14-33(29)47-36)32-21-31-34(22-35(32)56-5)48(4)38-44(31)17-20-50-18-12-16-43(9-2,37(44)50)39(59-27(3)51)46(38,55)41(53)58-7;1-32-16-31-15-25(32)27(30,18-6-9-20(28)10-7-18)19-8-11-24-23(13-19)22(14-26(34)33(24)2)17-4-3-5-21(29)12-17;1-5(2,3)4/h10-14,16,21-22,28,37-39,47,54-55H,8-9,15,17-20,23-26H2,1-7H3;3-16H,30H2,1-2H3;(H2,1,2,3,4)/t28?,37-,38+,39+,42-,43+,44+,45-,46-;;/m0../s1. The summed E-state index contributed by atoms with van der Waals surface area (Å²) < 4.78 is 59.1. The molecule has 3 aromatic heterocycles. The van der Waals surface area contributed by atoms with Gasteiger partial charge in [-0.05, 0) is 133 Å². The first-order valence-corrected chi connectivity index (χ1v) is 34.8. The number of aromatic nitrogens is 4. The summed E-state index contributed by atoms with van der Waals surface area (Å²) in [6.45, 7) is 8.62. The van der Waals surface area contributed by atoms with Crippen LogP contribution in [0.25, 0.3) is 32.9 Å². The molecule has 0 radical (unpaired) electrons. The molecule has 3 unspecified atom stereocenters. The lowest BCUT2D eigenvalue weighted by molar-refractivity contribution is -0.228. The van der Waals surface area contributed by atoms with Gasteiger partial charge < -0.3 is 53.9 Å². The van der Waals surface area contributed by atoms with Crippen LogP contribution in [0.5, 0.6) is 5.75 Å². The molecule has 22 nitrogen and oxygen atoms in total. The third kappa shape index (κ3) is 11.3. The lowest BCUT2D eigenvalue weighted by Crippen LogP contribution is -2.81. The molecule has 8 aromatic rings. The van der Waals surface area contributed by atoms with Gasteiger partial charge >= 0.3 is 28.3 Å². The van der Waals surface area contributed by atoms with Gasteiger partial charge in [0.05, 0.1) is 56.7 Å². The molecule has 5 aliphatic heterocycles.